The van der Waals surface area contributed by atoms with Gasteiger partial charge >= 0.3 is 0 Å². The Morgan fingerprint density at radius 1 is 1.06 bits per heavy atom. The number of benzene rings is 2. The summed E-state index contributed by atoms with van der Waals surface area (Å²) in [5.41, 5.74) is 1.52. The van der Waals surface area contributed by atoms with Gasteiger partial charge in [0, 0.05) is 19.2 Å². The highest BCUT2D eigenvalue weighted by Gasteiger charge is 2.32. The van der Waals surface area contributed by atoms with Crippen molar-refractivity contribution in [2.45, 2.75) is 46.2 Å². The van der Waals surface area contributed by atoms with Crippen LogP contribution in [0.4, 0.5) is 14.5 Å². The Balaban J connectivity index is 2.46. The van der Waals surface area contributed by atoms with Gasteiger partial charge in [0.15, 0.2) is 11.6 Å². The second-order valence-electron chi connectivity index (χ2n) is 8.03. The molecule has 10 heteroatoms. The van der Waals surface area contributed by atoms with Crippen molar-refractivity contribution in [2.75, 3.05) is 23.7 Å². The molecule has 1 N–H and O–H groups in total. The average molecular weight is 496 g/mol. The first-order chi connectivity index (χ1) is 16.0. The van der Waals surface area contributed by atoms with Crippen molar-refractivity contribution in [3.8, 4) is 0 Å². The van der Waals surface area contributed by atoms with E-state index in [1.165, 1.54) is 4.90 Å². The lowest BCUT2D eigenvalue weighted by Crippen LogP contribution is -2.52. The summed E-state index contributed by atoms with van der Waals surface area (Å²) in [5.74, 6) is -3.36. The van der Waals surface area contributed by atoms with Crippen molar-refractivity contribution in [3.05, 3.63) is 65.2 Å². The molecular formula is C24H31F2N3O4S. The summed E-state index contributed by atoms with van der Waals surface area (Å²) < 4.78 is 52.9. The number of carbonyl (C=O) groups excluding carboxylic acids is 2. The summed E-state index contributed by atoms with van der Waals surface area (Å²) in [4.78, 5) is 27.7. The van der Waals surface area contributed by atoms with Crippen LogP contribution in [0.2, 0.25) is 0 Å². The van der Waals surface area contributed by atoms with E-state index in [9.17, 15) is 26.8 Å². The molecule has 0 aliphatic carbocycles. The third kappa shape index (κ3) is 6.99. The van der Waals surface area contributed by atoms with Gasteiger partial charge in [0.05, 0.1) is 11.9 Å². The molecule has 0 spiro atoms. The van der Waals surface area contributed by atoms with Crippen LogP contribution in [-0.2, 0) is 26.2 Å². The predicted octanol–water partition coefficient (Wildman–Crippen LogP) is 3.37. The molecule has 2 aromatic rings. The van der Waals surface area contributed by atoms with Gasteiger partial charge in [0.25, 0.3) is 0 Å². The SMILES string of the molecule is CCCNC(=O)[C@@H](CC)N(Cc1ccccc1C)C(=O)CN(c1ccc(F)c(F)c1)S(C)(=O)=O. The summed E-state index contributed by atoms with van der Waals surface area (Å²) in [6.45, 7) is 5.39. The molecule has 0 bridgehead atoms. The zero-order chi connectivity index (χ0) is 25.5. The number of nitrogens with one attached hydrogen (secondary N) is 1. The van der Waals surface area contributed by atoms with Gasteiger partial charge in [-0.2, -0.15) is 0 Å². The first-order valence-electron chi connectivity index (χ1n) is 11.0. The molecule has 7 nitrogen and oxygen atoms in total. The predicted molar refractivity (Wildman–Crippen MR) is 128 cm³/mol. The fourth-order valence-electron chi connectivity index (χ4n) is 3.51. The summed E-state index contributed by atoms with van der Waals surface area (Å²) in [5, 5.41) is 2.79. The highest BCUT2D eigenvalue weighted by molar-refractivity contribution is 7.92. The Bertz CT molecular complexity index is 1120. The number of nitrogens with zero attached hydrogens (tertiary/aromatic N) is 2. The van der Waals surface area contributed by atoms with Crippen LogP contribution in [0.15, 0.2) is 42.5 Å². The van der Waals surface area contributed by atoms with Crippen molar-refractivity contribution in [1.82, 2.24) is 10.2 Å². The zero-order valence-corrected chi connectivity index (χ0v) is 20.7. The van der Waals surface area contributed by atoms with Crippen molar-refractivity contribution in [1.29, 1.82) is 0 Å². The number of sulfonamides is 1. The van der Waals surface area contributed by atoms with Crippen LogP contribution < -0.4 is 9.62 Å². The number of rotatable bonds is 11. The first-order valence-corrected chi connectivity index (χ1v) is 12.9. The number of hydrogen-bond acceptors (Lipinski definition) is 4. The average Bonchev–Trinajstić information content (AvgIpc) is 2.78. The molecule has 2 aromatic carbocycles. The van der Waals surface area contributed by atoms with Gasteiger partial charge in [-0.05, 0) is 43.0 Å². The number of aryl methyl sites for hydroxylation is 1. The summed E-state index contributed by atoms with van der Waals surface area (Å²) >= 11 is 0. The van der Waals surface area contributed by atoms with Crippen LogP contribution in [0.3, 0.4) is 0 Å². The van der Waals surface area contributed by atoms with Gasteiger partial charge < -0.3 is 10.2 Å². The smallest absolute Gasteiger partial charge is 0.244 e. The monoisotopic (exact) mass is 495 g/mol. The fourth-order valence-corrected chi connectivity index (χ4v) is 4.35. The van der Waals surface area contributed by atoms with Crippen LogP contribution in [0.25, 0.3) is 0 Å². The van der Waals surface area contributed by atoms with Crippen LogP contribution in [0.5, 0.6) is 0 Å². The maximum atomic E-state index is 13.8. The zero-order valence-electron chi connectivity index (χ0n) is 19.8. The molecule has 0 radical (unpaired) electrons. The molecule has 0 heterocycles. The summed E-state index contributed by atoms with van der Waals surface area (Å²) in [6, 6.07) is 9.13. The summed E-state index contributed by atoms with van der Waals surface area (Å²) in [7, 11) is -4.03. The van der Waals surface area contributed by atoms with Crippen molar-refractivity contribution in [3.63, 3.8) is 0 Å². The molecule has 0 aliphatic heterocycles. The van der Waals surface area contributed by atoms with Crippen LogP contribution in [0.1, 0.15) is 37.8 Å². The maximum absolute atomic E-state index is 13.8. The van der Waals surface area contributed by atoms with E-state index in [1.54, 1.807) is 6.92 Å². The lowest BCUT2D eigenvalue weighted by Gasteiger charge is -2.33. The third-order valence-electron chi connectivity index (χ3n) is 5.41. The lowest BCUT2D eigenvalue weighted by molar-refractivity contribution is -0.140. The standard InChI is InChI=1S/C24H31F2N3O4S/c1-5-13-27-24(31)22(6-2)28(15-18-10-8-7-9-17(18)3)23(30)16-29(34(4,32)33)19-11-12-20(25)21(26)14-19/h7-12,14,22H,5-6,13,15-16H2,1-4H3,(H,27,31)/t22-/m1/s1. The van der Waals surface area contributed by atoms with E-state index in [1.807, 2.05) is 38.1 Å². The summed E-state index contributed by atoms with van der Waals surface area (Å²) in [6.07, 6.45) is 1.89. The molecule has 34 heavy (non-hydrogen) atoms. The Labute approximate surface area is 199 Å². The van der Waals surface area contributed by atoms with Gasteiger partial charge in [-0.25, -0.2) is 17.2 Å². The van der Waals surface area contributed by atoms with Crippen molar-refractivity contribution >= 4 is 27.5 Å². The molecule has 2 amide bonds. The van der Waals surface area contributed by atoms with E-state index in [2.05, 4.69) is 5.32 Å². The quantitative estimate of drug-likeness (QED) is 0.518. The lowest BCUT2D eigenvalue weighted by atomic mass is 10.1. The third-order valence-corrected chi connectivity index (χ3v) is 6.55. The van der Waals surface area contributed by atoms with Gasteiger partial charge in [0.1, 0.15) is 12.6 Å². The van der Waals surface area contributed by atoms with Gasteiger partial charge in [0.2, 0.25) is 21.8 Å². The van der Waals surface area contributed by atoms with E-state index >= 15 is 0 Å². The molecule has 0 aromatic heterocycles. The van der Waals surface area contributed by atoms with Crippen molar-refractivity contribution < 1.29 is 26.8 Å². The number of anilines is 1. The Kier molecular flexibility index (Phi) is 9.55. The number of carbonyl (C=O) groups is 2. The normalized spacial score (nSPS) is 12.2. The first kappa shape index (κ1) is 27.2. The molecule has 0 saturated carbocycles. The fraction of sp³-hybridized carbons (Fsp3) is 0.417. The van der Waals surface area contributed by atoms with Gasteiger partial charge in [-0.3, -0.25) is 13.9 Å². The Hall–Kier alpha value is -3.01. The van der Waals surface area contributed by atoms with Crippen molar-refractivity contribution in [2.24, 2.45) is 0 Å². The minimum Gasteiger partial charge on any atom is -0.354 e. The molecule has 186 valence electrons. The largest absolute Gasteiger partial charge is 0.354 e. The van der Waals surface area contributed by atoms with Gasteiger partial charge in [-0.1, -0.05) is 38.1 Å². The molecule has 2 rings (SSSR count). The van der Waals surface area contributed by atoms with E-state index in [0.717, 1.165) is 35.6 Å². The topological polar surface area (TPSA) is 86.8 Å². The second kappa shape index (κ2) is 11.9. The van der Waals surface area contributed by atoms with E-state index < -0.39 is 40.2 Å². The molecule has 0 fully saturated rings. The highest BCUT2D eigenvalue weighted by Crippen LogP contribution is 2.22. The van der Waals surface area contributed by atoms with Crippen LogP contribution in [-0.4, -0.2) is 50.5 Å². The van der Waals surface area contributed by atoms with Crippen LogP contribution in [0, 0.1) is 18.6 Å². The molecule has 0 saturated heterocycles. The van der Waals surface area contributed by atoms with E-state index in [-0.39, 0.29) is 18.1 Å². The van der Waals surface area contributed by atoms with Crippen LogP contribution >= 0.6 is 0 Å². The molecule has 1 atom stereocenters. The number of amides is 2. The molecule has 0 unspecified atom stereocenters. The highest BCUT2D eigenvalue weighted by atomic mass is 32.2. The minimum absolute atomic E-state index is 0.0823. The second-order valence-corrected chi connectivity index (χ2v) is 9.94. The molecule has 0 aliphatic rings. The Morgan fingerprint density at radius 2 is 1.74 bits per heavy atom. The Morgan fingerprint density at radius 3 is 2.29 bits per heavy atom. The van der Waals surface area contributed by atoms with E-state index in [4.69, 9.17) is 0 Å². The molecular weight excluding hydrogens is 464 g/mol. The van der Waals surface area contributed by atoms with Gasteiger partial charge in [-0.15, -0.1) is 0 Å². The van der Waals surface area contributed by atoms with E-state index in [0.29, 0.717) is 23.7 Å². The number of hydrogen-bond donors (Lipinski definition) is 1. The maximum Gasteiger partial charge on any atom is 0.244 e. The minimum atomic E-state index is -4.03. The number of halogens is 2.